The van der Waals surface area contributed by atoms with E-state index in [2.05, 4.69) is 10.4 Å². The molecule has 0 aliphatic carbocycles. The first-order chi connectivity index (χ1) is 6.79. The Morgan fingerprint density at radius 2 is 2.64 bits per heavy atom. The number of hydrogen-bond donors (Lipinski definition) is 1. The maximum absolute atomic E-state index is 11.1. The number of rotatable bonds is 3. The number of anilines is 1. The molecule has 5 nitrogen and oxygen atoms in total. The first kappa shape index (κ1) is 9.05. The van der Waals surface area contributed by atoms with E-state index in [0.717, 1.165) is 18.7 Å². The molecule has 14 heavy (non-hydrogen) atoms. The van der Waals surface area contributed by atoms with Crippen molar-refractivity contribution in [2.75, 3.05) is 11.9 Å². The van der Waals surface area contributed by atoms with Crippen LogP contribution in [0.4, 0.5) is 5.69 Å². The summed E-state index contributed by atoms with van der Waals surface area (Å²) in [5.41, 5.74) is 0.871. The summed E-state index contributed by atoms with van der Waals surface area (Å²) >= 11 is 0. The smallest absolute Gasteiger partial charge is 0.328 e. The fraction of sp³-hybridized carbons (Fsp3) is 0.556. The number of nitrogens with one attached hydrogen (secondary N) is 1. The van der Waals surface area contributed by atoms with E-state index in [-0.39, 0.29) is 12.0 Å². The van der Waals surface area contributed by atoms with Gasteiger partial charge in [-0.25, -0.2) is 4.79 Å². The summed E-state index contributed by atoms with van der Waals surface area (Å²) in [6, 6.07) is -0.204. The molecule has 1 aromatic heterocycles. The number of carbonyl (C=O) groups is 1. The highest BCUT2D eigenvalue weighted by molar-refractivity contribution is 5.80. The van der Waals surface area contributed by atoms with Crippen molar-refractivity contribution in [1.82, 2.24) is 9.78 Å². The van der Waals surface area contributed by atoms with Gasteiger partial charge in [-0.1, -0.05) is 0 Å². The minimum absolute atomic E-state index is 0.172. The lowest BCUT2D eigenvalue weighted by Gasteiger charge is -2.06. The number of aryl methyl sites for hydroxylation is 1. The molecule has 2 heterocycles. The minimum Gasteiger partial charge on any atom is -0.464 e. The summed E-state index contributed by atoms with van der Waals surface area (Å²) in [5, 5.41) is 7.19. The predicted molar refractivity (Wildman–Crippen MR) is 50.9 cm³/mol. The second-order valence-corrected chi connectivity index (χ2v) is 3.24. The van der Waals surface area contributed by atoms with E-state index in [1.54, 1.807) is 6.20 Å². The Labute approximate surface area is 82.0 Å². The molecule has 0 aromatic carbocycles. The normalized spacial score (nSPS) is 20.9. The molecule has 5 heteroatoms. The molecule has 76 valence electrons. The highest BCUT2D eigenvalue weighted by Gasteiger charge is 2.26. The molecule has 1 fully saturated rings. The lowest BCUT2D eigenvalue weighted by molar-refractivity contribution is -0.138. The molecule has 0 bridgehead atoms. The Morgan fingerprint density at radius 3 is 3.21 bits per heavy atom. The number of cyclic esters (lactones) is 1. The van der Waals surface area contributed by atoms with E-state index in [1.807, 2.05) is 17.8 Å². The van der Waals surface area contributed by atoms with Crippen molar-refractivity contribution < 1.29 is 9.53 Å². The molecule has 1 aromatic rings. The first-order valence-corrected chi connectivity index (χ1v) is 4.75. The Hall–Kier alpha value is -1.52. The Morgan fingerprint density at radius 1 is 1.79 bits per heavy atom. The second kappa shape index (κ2) is 3.69. The van der Waals surface area contributed by atoms with Crippen LogP contribution in [-0.4, -0.2) is 28.4 Å². The Kier molecular flexibility index (Phi) is 2.39. The first-order valence-electron chi connectivity index (χ1n) is 4.75. The molecule has 0 amide bonds. The van der Waals surface area contributed by atoms with E-state index >= 15 is 0 Å². The van der Waals surface area contributed by atoms with E-state index in [0.29, 0.717) is 6.61 Å². The summed E-state index contributed by atoms with van der Waals surface area (Å²) in [4.78, 5) is 11.1. The van der Waals surface area contributed by atoms with Gasteiger partial charge in [0.2, 0.25) is 0 Å². The largest absolute Gasteiger partial charge is 0.464 e. The fourth-order valence-corrected chi connectivity index (χ4v) is 1.44. The van der Waals surface area contributed by atoms with Crippen molar-refractivity contribution in [3.05, 3.63) is 12.4 Å². The molecule has 0 spiro atoms. The van der Waals surface area contributed by atoms with Crippen molar-refractivity contribution in [1.29, 1.82) is 0 Å². The van der Waals surface area contributed by atoms with Gasteiger partial charge in [0.15, 0.2) is 0 Å². The maximum atomic E-state index is 11.1. The third kappa shape index (κ3) is 1.71. The summed E-state index contributed by atoms with van der Waals surface area (Å²) in [6.07, 6.45) is 4.33. The summed E-state index contributed by atoms with van der Waals surface area (Å²) in [5.74, 6) is -0.172. The van der Waals surface area contributed by atoms with Crippen LogP contribution >= 0.6 is 0 Å². The average Bonchev–Trinajstić information content (AvgIpc) is 2.77. The highest BCUT2D eigenvalue weighted by Crippen LogP contribution is 2.13. The minimum atomic E-state index is -0.204. The second-order valence-electron chi connectivity index (χ2n) is 3.24. The number of hydrogen-bond acceptors (Lipinski definition) is 4. The fourth-order valence-electron chi connectivity index (χ4n) is 1.44. The third-order valence-corrected chi connectivity index (χ3v) is 2.23. The van der Waals surface area contributed by atoms with Crippen LogP contribution in [0.1, 0.15) is 13.3 Å². The molecule has 1 atom stereocenters. The standard InChI is InChI=1S/C9H13N3O2/c1-2-12-6-7(5-10-12)11-8-3-4-14-9(8)13/h5-6,8,11H,2-4H2,1H3. The highest BCUT2D eigenvalue weighted by atomic mass is 16.5. The number of ether oxygens (including phenoxy) is 1. The number of nitrogens with zero attached hydrogens (tertiary/aromatic N) is 2. The van der Waals surface area contributed by atoms with Crippen LogP contribution in [0.15, 0.2) is 12.4 Å². The quantitative estimate of drug-likeness (QED) is 0.719. The SMILES string of the molecule is CCn1cc(NC2CCOC2=O)cn1. The van der Waals surface area contributed by atoms with Crippen LogP contribution in [0.3, 0.4) is 0 Å². The van der Waals surface area contributed by atoms with Crippen LogP contribution < -0.4 is 5.32 Å². The van der Waals surface area contributed by atoms with Gasteiger partial charge in [0.05, 0.1) is 18.5 Å². The van der Waals surface area contributed by atoms with Gasteiger partial charge >= 0.3 is 5.97 Å². The number of esters is 1. The van der Waals surface area contributed by atoms with E-state index in [4.69, 9.17) is 4.74 Å². The van der Waals surface area contributed by atoms with E-state index < -0.39 is 0 Å². The van der Waals surface area contributed by atoms with Crippen LogP contribution in [0.25, 0.3) is 0 Å². The number of carbonyl (C=O) groups excluding carboxylic acids is 1. The zero-order valence-corrected chi connectivity index (χ0v) is 8.06. The molecule has 1 N–H and O–H groups in total. The molecule has 1 saturated heterocycles. The zero-order chi connectivity index (χ0) is 9.97. The molecule has 0 saturated carbocycles. The average molecular weight is 195 g/mol. The summed E-state index contributed by atoms with van der Waals surface area (Å²) in [6.45, 7) is 3.36. The summed E-state index contributed by atoms with van der Waals surface area (Å²) in [7, 11) is 0. The predicted octanol–water partition coefficient (Wildman–Crippen LogP) is 0.630. The monoisotopic (exact) mass is 195 g/mol. The lowest BCUT2D eigenvalue weighted by atomic mass is 10.2. The van der Waals surface area contributed by atoms with Crippen molar-refractivity contribution in [2.24, 2.45) is 0 Å². The lowest BCUT2D eigenvalue weighted by Crippen LogP contribution is -2.23. The van der Waals surface area contributed by atoms with Crippen LogP contribution in [-0.2, 0) is 16.1 Å². The van der Waals surface area contributed by atoms with Gasteiger partial charge in [-0.2, -0.15) is 5.10 Å². The molecule has 1 aliphatic rings. The van der Waals surface area contributed by atoms with Crippen LogP contribution in [0, 0.1) is 0 Å². The number of aromatic nitrogens is 2. The van der Waals surface area contributed by atoms with E-state index in [9.17, 15) is 4.79 Å². The van der Waals surface area contributed by atoms with Gasteiger partial charge in [0, 0.05) is 19.2 Å². The van der Waals surface area contributed by atoms with Crippen LogP contribution in [0.2, 0.25) is 0 Å². The molecule has 0 radical (unpaired) electrons. The molecule has 1 aliphatic heterocycles. The Bertz CT molecular complexity index is 335. The van der Waals surface area contributed by atoms with Gasteiger partial charge in [-0.3, -0.25) is 4.68 Å². The van der Waals surface area contributed by atoms with Gasteiger partial charge in [-0.15, -0.1) is 0 Å². The van der Waals surface area contributed by atoms with Gasteiger partial charge < -0.3 is 10.1 Å². The molecule has 1 unspecified atom stereocenters. The summed E-state index contributed by atoms with van der Waals surface area (Å²) < 4.78 is 6.65. The van der Waals surface area contributed by atoms with Gasteiger partial charge in [0.1, 0.15) is 6.04 Å². The zero-order valence-electron chi connectivity index (χ0n) is 8.06. The van der Waals surface area contributed by atoms with Crippen molar-refractivity contribution in [3.8, 4) is 0 Å². The van der Waals surface area contributed by atoms with Crippen molar-refractivity contribution in [3.63, 3.8) is 0 Å². The van der Waals surface area contributed by atoms with Gasteiger partial charge in [-0.05, 0) is 6.92 Å². The maximum Gasteiger partial charge on any atom is 0.328 e. The molecular weight excluding hydrogens is 182 g/mol. The molecular formula is C9H13N3O2. The topological polar surface area (TPSA) is 56.2 Å². The van der Waals surface area contributed by atoms with E-state index in [1.165, 1.54) is 0 Å². The molecule has 2 rings (SSSR count). The van der Waals surface area contributed by atoms with Crippen LogP contribution in [0.5, 0.6) is 0 Å². The van der Waals surface area contributed by atoms with Crippen molar-refractivity contribution >= 4 is 11.7 Å². The third-order valence-electron chi connectivity index (χ3n) is 2.23. The van der Waals surface area contributed by atoms with Crippen molar-refractivity contribution in [2.45, 2.75) is 25.9 Å². The van der Waals surface area contributed by atoms with Gasteiger partial charge in [0.25, 0.3) is 0 Å². The Balaban J connectivity index is 1.99.